The maximum Gasteiger partial charge on any atom is 0.122 e. The number of nitrogens with two attached hydrogens (primary N) is 1. The highest BCUT2D eigenvalue weighted by Crippen LogP contribution is 2.28. The lowest BCUT2D eigenvalue weighted by Gasteiger charge is -2.27. The van der Waals surface area contributed by atoms with Crippen LogP contribution in [0.15, 0.2) is 18.2 Å². The van der Waals surface area contributed by atoms with Gasteiger partial charge in [-0.15, -0.1) is 0 Å². The van der Waals surface area contributed by atoms with E-state index in [1.54, 1.807) is 14.2 Å². The van der Waals surface area contributed by atoms with E-state index in [1.165, 1.54) is 0 Å². The Morgan fingerprint density at radius 1 is 1.33 bits per heavy atom. The SMILES string of the molecule is COc1cc(C(C)(CN)OC)ccc1C. The second kappa shape index (κ2) is 4.64. The molecule has 3 nitrogen and oxygen atoms in total. The highest BCUT2D eigenvalue weighted by Gasteiger charge is 2.24. The molecule has 0 aliphatic heterocycles. The summed E-state index contributed by atoms with van der Waals surface area (Å²) in [5.41, 5.74) is 7.41. The van der Waals surface area contributed by atoms with Crippen LogP contribution in [0.25, 0.3) is 0 Å². The predicted molar refractivity (Wildman–Crippen MR) is 61.1 cm³/mol. The second-order valence-electron chi connectivity index (χ2n) is 3.82. The van der Waals surface area contributed by atoms with Crippen molar-refractivity contribution in [2.75, 3.05) is 20.8 Å². The Morgan fingerprint density at radius 3 is 2.47 bits per heavy atom. The average molecular weight is 209 g/mol. The number of hydrogen-bond acceptors (Lipinski definition) is 3. The summed E-state index contributed by atoms with van der Waals surface area (Å²) in [6.45, 7) is 4.42. The molecule has 0 aliphatic rings. The van der Waals surface area contributed by atoms with E-state index in [-0.39, 0.29) is 0 Å². The number of benzene rings is 1. The first kappa shape index (κ1) is 12.0. The molecule has 0 spiro atoms. The van der Waals surface area contributed by atoms with Crippen LogP contribution in [0.3, 0.4) is 0 Å². The molecule has 1 atom stereocenters. The molecular formula is C12H19NO2. The van der Waals surface area contributed by atoms with Crippen molar-refractivity contribution >= 4 is 0 Å². The largest absolute Gasteiger partial charge is 0.496 e. The van der Waals surface area contributed by atoms with Crippen molar-refractivity contribution in [3.63, 3.8) is 0 Å². The Balaban J connectivity index is 3.15. The van der Waals surface area contributed by atoms with E-state index in [4.69, 9.17) is 15.2 Å². The van der Waals surface area contributed by atoms with E-state index in [0.29, 0.717) is 6.54 Å². The summed E-state index contributed by atoms with van der Waals surface area (Å²) in [5, 5.41) is 0. The summed E-state index contributed by atoms with van der Waals surface area (Å²) >= 11 is 0. The van der Waals surface area contributed by atoms with Crippen molar-refractivity contribution in [3.05, 3.63) is 29.3 Å². The van der Waals surface area contributed by atoms with Crippen LogP contribution in [0.4, 0.5) is 0 Å². The molecule has 0 saturated carbocycles. The zero-order valence-electron chi connectivity index (χ0n) is 9.83. The molecule has 1 aromatic carbocycles. The van der Waals surface area contributed by atoms with Crippen LogP contribution in [-0.4, -0.2) is 20.8 Å². The van der Waals surface area contributed by atoms with Gasteiger partial charge >= 0.3 is 0 Å². The Morgan fingerprint density at radius 2 is 2.00 bits per heavy atom. The standard InChI is InChI=1S/C12H19NO2/c1-9-5-6-10(7-11(9)14-3)12(2,8-13)15-4/h5-7H,8,13H2,1-4H3. The number of rotatable bonds is 4. The summed E-state index contributed by atoms with van der Waals surface area (Å²) in [6, 6.07) is 6.01. The molecule has 0 saturated heterocycles. The lowest BCUT2D eigenvalue weighted by molar-refractivity contribution is 0.00991. The van der Waals surface area contributed by atoms with Gasteiger partial charge in [0.1, 0.15) is 11.4 Å². The molecule has 0 aliphatic carbocycles. The molecule has 15 heavy (non-hydrogen) atoms. The summed E-state index contributed by atoms with van der Waals surface area (Å²) in [6.07, 6.45) is 0. The first-order valence-corrected chi connectivity index (χ1v) is 4.97. The highest BCUT2D eigenvalue weighted by atomic mass is 16.5. The molecule has 1 rings (SSSR count). The lowest BCUT2D eigenvalue weighted by atomic mass is 9.94. The van der Waals surface area contributed by atoms with Crippen LogP contribution >= 0.6 is 0 Å². The van der Waals surface area contributed by atoms with Crippen molar-refractivity contribution < 1.29 is 9.47 Å². The minimum Gasteiger partial charge on any atom is -0.496 e. The van der Waals surface area contributed by atoms with Gasteiger partial charge in [-0.05, 0) is 31.0 Å². The molecule has 2 N–H and O–H groups in total. The van der Waals surface area contributed by atoms with Crippen molar-refractivity contribution in [2.45, 2.75) is 19.4 Å². The van der Waals surface area contributed by atoms with E-state index >= 15 is 0 Å². The van der Waals surface area contributed by atoms with Crippen molar-refractivity contribution in [3.8, 4) is 5.75 Å². The van der Waals surface area contributed by atoms with E-state index < -0.39 is 5.60 Å². The first-order chi connectivity index (χ1) is 7.07. The number of aryl methyl sites for hydroxylation is 1. The Hall–Kier alpha value is -1.06. The molecule has 1 unspecified atom stereocenters. The van der Waals surface area contributed by atoms with Crippen LogP contribution in [0.1, 0.15) is 18.1 Å². The Bertz CT molecular complexity index is 332. The molecule has 0 fully saturated rings. The molecular weight excluding hydrogens is 190 g/mol. The Kier molecular flexibility index (Phi) is 3.72. The molecule has 3 heteroatoms. The number of ether oxygens (including phenoxy) is 2. The smallest absolute Gasteiger partial charge is 0.122 e. The van der Waals surface area contributed by atoms with Gasteiger partial charge in [0, 0.05) is 13.7 Å². The first-order valence-electron chi connectivity index (χ1n) is 4.97. The zero-order chi connectivity index (χ0) is 11.5. The van der Waals surface area contributed by atoms with Crippen LogP contribution in [0, 0.1) is 6.92 Å². The van der Waals surface area contributed by atoms with Gasteiger partial charge in [-0.3, -0.25) is 0 Å². The maximum absolute atomic E-state index is 5.71. The topological polar surface area (TPSA) is 44.5 Å². The summed E-state index contributed by atoms with van der Waals surface area (Å²) in [5.74, 6) is 0.865. The Labute approximate surface area is 91.2 Å². The van der Waals surface area contributed by atoms with Crippen LogP contribution in [0.5, 0.6) is 5.75 Å². The van der Waals surface area contributed by atoms with E-state index in [1.807, 2.05) is 32.0 Å². The molecule has 0 amide bonds. The fourth-order valence-corrected chi connectivity index (χ4v) is 1.47. The third kappa shape index (κ3) is 2.30. The van der Waals surface area contributed by atoms with E-state index in [9.17, 15) is 0 Å². The van der Waals surface area contributed by atoms with Gasteiger partial charge in [-0.1, -0.05) is 12.1 Å². The average Bonchev–Trinajstić information content (AvgIpc) is 2.28. The number of methoxy groups -OCH3 is 2. The minimum absolute atomic E-state index is 0.440. The lowest BCUT2D eigenvalue weighted by Crippen LogP contribution is -2.33. The predicted octanol–water partition coefficient (Wildman–Crippen LogP) is 1.82. The molecule has 84 valence electrons. The summed E-state index contributed by atoms with van der Waals surface area (Å²) in [4.78, 5) is 0. The third-order valence-corrected chi connectivity index (χ3v) is 2.86. The quantitative estimate of drug-likeness (QED) is 0.822. The maximum atomic E-state index is 5.71. The molecule has 0 aromatic heterocycles. The van der Waals surface area contributed by atoms with Crippen molar-refractivity contribution in [1.82, 2.24) is 0 Å². The fourth-order valence-electron chi connectivity index (χ4n) is 1.47. The number of hydrogen-bond donors (Lipinski definition) is 1. The zero-order valence-corrected chi connectivity index (χ0v) is 9.83. The van der Waals surface area contributed by atoms with Crippen molar-refractivity contribution in [2.24, 2.45) is 5.73 Å². The monoisotopic (exact) mass is 209 g/mol. The van der Waals surface area contributed by atoms with E-state index in [0.717, 1.165) is 16.9 Å². The van der Waals surface area contributed by atoms with E-state index in [2.05, 4.69) is 0 Å². The second-order valence-corrected chi connectivity index (χ2v) is 3.82. The molecule has 0 bridgehead atoms. The van der Waals surface area contributed by atoms with Crippen LogP contribution in [-0.2, 0) is 10.3 Å². The van der Waals surface area contributed by atoms with Crippen LogP contribution < -0.4 is 10.5 Å². The van der Waals surface area contributed by atoms with Gasteiger partial charge < -0.3 is 15.2 Å². The fraction of sp³-hybridized carbons (Fsp3) is 0.500. The van der Waals surface area contributed by atoms with Gasteiger partial charge in [0.25, 0.3) is 0 Å². The van der Waals surface area contributed by atoms with Gasteiger partial charge in [0.05, 0.1) is 7.11 Å². The van der Waals surface area contributed by atoms with Gasteiger partial charge in [-0.2, -0.15) is 0 Å². The minimum atomic E-state index is -0.443. The van der Waals surface area contributed by atoms with Gasteiger partial charge in [0.15, 0.2) is 0 Å². The van der Waals surface area contributed by atoms with Gasteiger partial charge in [-0.25, -0.2) is 0 Å². The van der Waals surface area contributed by atoms with Crippen LogP contribution in [0.2, 0.25) is 0 Å². The molecule has 1 aromatic rings. The summed E-state index contributed by atoms with van der Waals surface area (Å²) in [7, 11) is 3.33. The van der Waals surface area contributed by atoms with Gasteiger partial charge in [0.2, 0.25) is 0 Å². The van der Waals surface area contributed by atoms with Crippen molar-refractivity contribution in [1.29, 1.82) is 0 Å². The highest BCUT2D eigenvalue weighted by molar-refractivity contribution is 5.39. The molecule has 0 heterocycles. The third-order valence-electron chi connectivity index (χ3n) is 2.86. The summed E-state index contributed by atoms with van der Waals surface area (Å²) < 4.78 is 10.7. The normalized spacial score (nSPS) is 14.7. The molecule has 0 radical (unpaired) electrons.